The Morgan fingerprint density at radius 3 is 2.32 bits per heavy atom. The smallest absolute Gasteiger partial charge is 0.191 e. The highest BCUT2D eigenvalue weighted by Crippen LogP contribution is 2.40. The summed E-state index contributed by atoms with van der Waals surface area (Å²) in [7, 11) is -1.76. The van der Waals surface area contributed by atoms with Crippen molar-refractivity contribution in [3.05, 3.63) is 34.9 Å². The van der Waals surface area contributed by atoms with Crippen LogP contribution in [0, 0.1) is 11.3 Å². The molecular weight excluding hydrogens is 324 g/mol. The van der Waals surface area contributed by atoms with E-state index in [1.54, 1.807) is 0 Å². The highest BCUT2D eigenvalue weighted by molar-refractivity contribution is 6.74. The molecule has 3 heteroatoms. The van der Waals surface area contributed by atoms with Crippen LogP contribution in [0.3, 0.4) is 0 Å². The van der Waals surface area contributed by atoms with Crippen molar-refractivity contribution in [3.8, 4) is 0 Å². The molecule has 1 aliphatic carbocycles. The van der Waals surface area contributed by atoms with Crippen molar-refractivity contribution >= 4 is 8.32 Å². The number of aliphatic hydroxyl groups excluding tert-OH is 1. The zero-order valence-corrected chi connectivity index (χ0v) is 18.6. The molecule has 1 aromatic rings. The van der Waals surface area contributed by atoms with Crippen molar-refractivity contribution < 1.29 is 9.53 Å². The van der Waals surface area contributed by atoms with Gasteiger partial charge in [0.1, 0.15) is 0 Å². The molecule has 0 spiro atoms. The van der Waals surface area contributed by atoms with Crippen molar-refractivity contribution in [1.29, 1.82) is 0 Å². The minimum Gasteiger partial charge on any atom is -0.416 e. The quantitative estimate of drug-likeness (QED) is 0.676. The van der Waals surface area contributed by atoms with Crippen molar-refractivity contribution in [1.82, 2.24) is 0 Å². The first-order valence-corrected chi connectivity index (χ1v) is 12.6. The van der Waals surface area contributed by atoms with Gasteiger partial charge in [-0.15, -0.1) is 0 Å². The summed E-state index contributed by atoms with van der Waals surface area (Å²) < 4.78 is 6.41. The van der Waals surface area contributed by atoms with E-state index in [1.807, 2.05) is 0 Å². The third kappa shape index (κ3) is 5.18. The monoisotopic (exact) mass is 362 g/mol. The van der Waals surface area contributed by atoms with E-state index >= 15 is 0 Å². The molecule has 0 saturated carbocycles. The zero-order valence-electron chi connectivity index (χ0n) is 17.6. The van der Waals surface area contributed by atoms with Crippen LogP contribution in [0.15, 0.2) is 18.2 Å². The lowest BCUT2D eigenvalue weighted by Crippen LogP contribution is -2.42. The Kier molecular flexibility index (Phi) is 5.93. The lowest BCUT2D eigenvalue weighted by Gasteiger charge is -2.39. The molecule has 0 radical (unpaired) electrons. The average Bonchev–Trinajstić information content (AvgIpc) is 2.44. The zero-order chi connectivity index (χ0) is 19.0. The first-order valence-electron chi connectivity index (χ1n) is 9.74. The molecule has 142 valence electrons. The standard InChI is InChI=1S/C22H38O2Si/c1-21(2,3)14-16-9-10-17-11-12-18(20(23)19(17)13-16)15-24-25(7,8)22(4,5)6/h9-10,13,18,20,23H,11-12,14-15H2,1-8H3/t18?,20-/m1/s1. The summed E-state index contributed by atoms with van der Waals surface area (Å²) in [6.45, 7) is 18.9. The maximum atomic E-state index is 11.0. The predicted octanol–water partition coefficient (Wildman–Crippen LogP) is 5.89. The van der Waals surface area contributed by atoms with Gasteiger partial charge >= 0.3 is 0 Å². The minimum absolute atomic E-state index is 0.213. The number of rotatable bonds is 4. The summed E-state index contributed by atoms with van der Waals surface area (Å²) in [6, 6.07) is 6.71. The molecule has 0 aliphatic heterocycles. The molecule has 0 heterocycles. The molecule has 0 amide bonds. The molecule has 2 atom stereocenters. The third-order valence-electron chi connectivity index (χ3n) is 5.96. The van der Waals surface area contributed by atoms with E-state index in [-0.39, 0.29) is 16.4 Å². The number of fused-ring (bicyclic) bond motifs is 1. The molecule has 0 saturated heterocycles. The molecule has 2 nitrogen and oxygen atoms in total. The van der Waals surface area contributed by atoms with Crippen molar-refractivity contribution in [2.75, 3.05) is 6.61 Å². The van der Waals surface area contributed by atoms with Crippen LogP contribution in [0.5, 0.6) is 0 Å². The predicted molar refractivity (Wildman–Crippen MR) is 110 cm³/mol. The van der Waals surface area contributed by atoms with Crippen molar-refractivity contribution in [2.45, 2.75) is 85.0 Å². The molecule has 1 aliphatic rings. The van der Waals surface area contributed by atoms with Gasteiger partial charge in [-0.2, -0.15) is 0 Å². The Balaban J connectivity index is 2.12. The maximum Gasteiger partial charge on any atom is 0.191 e. The van der Waals surface area contributed by atoms with E-state index in [4.69, 9.17) is 4.43 Å². The van der Waals surface area contributed by atoms with Gasteiger partial charge in [-0.25, -0.2) is 0 Å². The Morgan fingerprint density at radius 2 is 1.76 bits per heavy atom. The van der Waals surface area contributed by atoms with Crippen LogP contribution in [0.4, 0.5) is 0 Å². The summed E-state index contributed by atoms with van der Waals surface area (Å²) >= 11 is 0. The topological polar surface area (TPSA) is 29.5 Å². The van der Waals surface area contributed by atoms with E-state index in [0.717, 1.165) is 24.8 Å². The van der Waals surface area contributed by atoms with Gasteiger partial charge in [-0.1, -0.05) is 59.7 Å². The minimum atomic E-state index is -1.76. The van der Waals surface area contributed by atoms with E-state index in [1.165, 1.54) is 11.1 Å². The second-order valence-corrected chi connectivity index (χ2v) is 15.4. The van der Waals surface area contributed by atoms with Crippen LogP contribution < -0.4 is 0 Å². The number of benzene rings is 1. The van der Waals surface area contributed by atoms with Gasteiger partial charge in [0.15, 0.2) is 8.32 Å². The third-order valence-corrected chi connectivity index (χ3v) is 10.5. The van der Waals surface area contributed by atoms with E-state index < -0.39 is 14.4 Å². The fraction of sp³-hybridized carbons (Fsp3) is 0.727. The van der Waals surface area contributed by atoms with Gasteiger partial charge in [0.25, 0.3) is 0 Å². The summed E-state index contributed by atoms with van der Waals surface area (Å²) in [6.07, 6.45) is 2.71. The van der Waals surface area contributed by atoms with Gasteiger partial charge < -0.3 is 9.53 Å². The Labute approximate surface area is 156 Å². The Hall–Kier alpha value is -0.643. The SMILES string of the molecule is CC(C)(C)Cc1ccc2c(c1)[C@H](O)C(CO[Si](C)(C)C(C)(C)C)CC2. The maximum absolute atomic E-state index is 11.0. The molecule has 25 heavy (non-hydrogen) atoms. The van der Waals surface area contributed by atoms with Gasteiger partial charge in [0.2, 0.25) is 0 Å². The first kappa shape index (κ1) is 20.7. The molecule has 1 aromatic carbocycles. The van der Waals surface area contributed by atoms with Gasteiger partial charge in [0, 0.05) is 12.5 Å². The lowest BCUT2D eigenvalue weighted by molar-refractivity contribution is 0.0574. The molecule has 0 fully saturated rings. The van der Waals surface area contributed by atoms with Crippen LogP contribution >= 0.6 is 0 Å². The molecular formula is C22H38O2Si. The van der Waals surface area contributed by atoms with Crippen LogP contribution in [0.2, 0.25) is 18.1 Å². The van der Waals surface area contributed by atoms with Gasteiger partial charge in [0.05, 0.1) is 6.10 Å². The Morgan fingerprint density at radius 1 is 1.12 bits per heavy atom. The number of hydrogen-bond acceptors (Lipinski definition) is 2. The summed E-state index contributed by atoms with van der Waals surface area (Å²) in [5, 5.41) is 11.2. The molecule has 1 unspecified atom stereocenters. The largest absolute Gasteiger partial charge is 0.416 e. The van der Waals surface area contributed by atoms with Crippen LogP contribution in [-0.4, -0.2) is 20.0 Å². The van der Waals surface area contributed by atoms with E-state index in [9.17, 15) is 5.11 Å². The summed E-state index contributed by atoms with van der Waals surface area (Å²) in [4.78, 5) is 0. The van der Waals surface area contributed by atoms with Crippen LogP contribution in [-0.2, 0) is 17.3 Å². The highest BCUT2D eigenvalue weighted by atomic mass is 28.4. The van der Waals surface area contributed by atoms with Crippen LogP contribution in [0.1, 0.15) is 70.8 Å². The normalized spacial score (nSPS) is 22.0. The first-order chi connectivity index (χ1) is 11.3. The fourth-order valence-electron chi connectivity index (χ4n) is 3.33. The number of aliphatic hydroxyl groups is 1. The second kappa shape index (κ2) is 7.17. The van der Waals surface area contributed by atoms with Gasteiger partial charge in [-0.05, 0) is 59.5 Å². The van der Waals surface area contributed by atoms with Crippen molar-refractivity contribution in [3.63, 3.8) is 0 Å². The van der Waals surface area contributed by atoms with Gasteiger partial charge in [-0.3, -0.25) is 0 Å². The lowest BCUT2D eigenvalue weighted by atomic mass is 9.79. The second-order valence-electron chi connectivity index (χ2n) is 10.6. The number of hydrogen-bond donors (Lipinski definition) is 1. The van der Waals surface area contributed by atoms with E-state index in [2.05, 4.69) is 72.8 Å². The number of aryl methyl sites for hydroxylation is 1. The summed E-state index contributed by atoms with van der Waals surface area (Å²) in [5.74, 6) is 0.214. The molecule has 1 N–H and O–H groups in total. The molecule has 2 rings (SSSR count). The molecule has 0 bridgehead atoms. The van der Waals surface area contributed by atoms with Crippen molar-refractivity contribution in [2.24, 2.45) is 11.3 Å². The fourth-order valence-corrected chi connectivity index (χ4v) is 4.39. The van der Waals surface area contributed by atoms with E-state index in [0.29, 0.717) is 6.61 Å². The Bertz CT molecular complexity index is 593. The molecule has 0 aromatic heterocycles. The highest BCUT2D eigenvalue weighted by Gasteiger charge is 2.39. The van der Waals surface area contributed by atoms with Crippen LogP contribution in [0.25, 0.3) is 0 Å². The summed E-state index contributed by atoms with van der Waals surface area (Å²) in [5.41, 5.74) is 4.04. The average molecular weight is 363 g/mol.